The number of fused-ring (bicyclic) bond motifs is 1. The fourth-order valence-corrected chi connectivity index (χ4v) is 3.01. The van der Waals surface area contributed by atoms with E-state index in [2.05, 4.69) is 47.5 Å². The lowest BCUT2D eigenvalue weighted by atomic mass is 10.0. The molecule has 0 N–H and O–H groups in total. The van der Waals surface area contributed by atoms with Crippen molar-refractivity contribution in [1.29, 1.82) is 5.26 Å². The van der Waals surface area contributed by atoms with Gasteiger partial charge in [0.25, 0.3) is 0 Å². The van der Waals surface area contributed by atoms with E-state index in [1.54, 1.807) is 6.07 Å². The van der Waals surface area contributed by atoms with Crippen LogP contribution in [0.2, 0.25) is 0 Å². The summed E-state index contributed by atoms with van der Waals surface area (Å²) >= 11 is 0. The third-order valence-electron chi connectivity index (χ3n) is 4.48. The van der Waals surface area contributed by atoms with Gasteiger partial charge in [0, 0.05) is 21.9 Å². The maximum atomic E-state index is 9.24. The SMILES string of the molecule is Cc1ccc(-c2nnc(OCc3ccccc3C#N)c3ccccc23)cc1. The summed E-state index contributed by atoms with van der Waals surface area (Å²) in [6, 6.07) is 25.8. The molecule has 0 unspecified atom stereocenters. The lowest BCUT2D eigenvalue weighted by Gasteiger charge is -2.11. The topological polar surface area (TPSA) is 58.8 Å². The molecule has 0 bridgehead atoms. The molecule has 0 fully saturated rings. The van der Waals surface area contributed by atoms with E-state index in [1.807, 2.05) is 42.5 Å². The lowest BCUT2D eigenvalue weighted by molar-refractivity contribution is 0.294. The molecule has 0 aliphatic heterocycles. The zero-order valence-electron chi connectivity index (χ0n) is 14.9. The summed E-state index contributed by atoms with van der Waals surface area (Å²) in [6.45, 7) is 2.33. The average molecular weight is 351 g/mol. The van der Waals surface area contributed by atoms with E-state index in [0.29, 0.717) is 11.4 Å². The molecule has 0 amide bonds. The number of nitrogens with zero attached hydrogens (tertiary/aromatic N) is 3. The standard InChI is InChI=1S/C23H17N3O/c1-16-10-12-17(13-11-16)22-20-8-4-5-9-21(20)23(26-25-22)27-15-19-7-3-2-6-18(19)14-24/h2-13H,15H2,1H3. The molecule has 0 atom stereocenters. The van der Waals surface area contributed by atoms with Crippen molar-refractivity contribution in [2.75, 3.05) is 0 Å². The van der Waals surface area contributed by atoms with Crippen molar-refractivity contribution >= 4 is 10.8 Å². The van der Waals surface area contributed by atoms with E-state index < -0.39 is 0 Å². The van der Waals surface area contributed by atoms with E-state index in [-0.39, 0.29) is 6.61 Å². The summed E-state index contributed by atoms with van der Waals surface area (Å²) in [5.41, 5.74) is 4.48. The minimum atomic E-state index is 0.270. The Hall–Kier alpha value is -3.71. The third kappa shape index (κ3) is 3.36. The molecule has 0 aliphatic rings. The minimum absolute atomic E-state index is 0.270. The molecule has 0 radical (unpaired) electrons. The second-order valence-corrected chi connectivity index (χ2v) is 6.32. The molecule has 4 rings (SSSR count). The molecule has 0 saturated carbocycles. The van der Waals surface area contributed by atoms with Gasteiger partial charge in [-0.2, -0.15) is 5.26 Å². The van der Waals surface area contributed by atoms with Crippen LogP contribution in [0.15, 0.2) is 72.8 Å². The lowest BCUT2D eigenvalue weighted by Crippen LogP contribution is -2.02. The number of aryl methyl sites for hydroxylation is 1. The van der Waals surface area contributed by atoms with Crippen LogP contribution >= 0.6 is 0 Å². The Morgan fingerprint density at radius 2 is 1.56 bits per heavy atom. The summed E-state index contributed by atoms with van der Waals surface area (Å²) in [7, 11) is 0. The average Bonchev–Trinajstić information content (AvgIpc) is 2.73. The first kappa shape index (κ1) is 16.7. The van der Waals surface area contributed by atoms with Crippen molar-refractivity contribution in [3.05, 3.63) is 89.5 Å². The first-order valence-corrected chi connectivity index (χ1v) is 8.69. The van der Waals surface area contributed by atoms with Crippen LogP contribution in [0, 0.1) is 18.3 Å². The minimum Gasteiger partial charge on any atom is -0.471 e. The molecule has 0 saturated heterocycles. The first-order valence-electron chi connectivity index (χ1n) is 8.69. The Kier molecular flexibility index (Phi) is 4.51. The predicted octanol–water partition coefficient (Wildman–Crippen LogP) is 5.06. The van der Waals surface area contributed by atoms with Crippen molar-refractivity contribution in [2.24, 2.45) is 0 Å². The smallest absolute Gasteiger partial charge is 0.241 e. The number of hydrogen-bond acceptors (Lipinski definition) is 4. The number of ether oxygens (including phenoxy) is 1. The maximum Gasteiger partial charge on any atom is 0.241 e. The monoisotopic (exact) mass is 351 g/mol. The summed E-state index contributed by atoms with van der Waals surface area (Å²) in [5, 5.41) is 19.9. The molecule has 27 heavy (non-hydrogen) atoms. The summed E-state index contributed by atoms with van der Waals surface area (Å²) in [4.78, 5) is 0. The fraction of sp³-hybridized carbons (Fsp3) is 0.0870. The Morgan fingerprint density at radius 3 is 2.33 bits per heavy atom. The molecule has 4 nitrogen and oxygen atoms in total. The Labute approximate surface area is 157 Å². The molecular weight excluding hydrogens is 334 g/mol. The second-order valence-electron chi connectivity index (χ2n) is 6.32. The molecule has 1 aromatic heterocycles. The molecule has 4 heteroatoms. The quantitative estimate of drug-likeness (QED) is 0.516. The summed E-state index contributed by atoms with van der Waals surface area (Å²) < 4.78 is 5.93. The van der Waals surface area contributed by atoms with Gasteiger partial charge in [0.1, 0.15) is 12.3 Å². The number of nitriles is 1. The van der Waals surface area contributed by atoms with Crippen LogP contribution in [0.25, 0.3) is 22.0 Å². The first-order chi connectivity index (χ1) is 13.3. The molecule has 4 aromatic rings. The predicted molar refractivity (Wildman–Crippen MR) is 105 cm³/mol. The van der Waals surface area contributed by atoms with Gasteiger partial charge < -0.3 is 4.74 Å². The van der Waals surface area contributed by atoms with Crippen molar-refractivity contribution in [3.63, 3.8) is 0 Å². The van der Waals surface area contributed by atoms with Gasteiger partial charge in [-0.25, -0.2) is 0 Å². The van der Waals surface area contributed by atoms with Gasteiger partial charge in [0.2, 0.25) is 5.88 Å². The van der Waals surface area contributed by atoms with Crippen molar-refractivity contribution in [1.82, 2.24) is 10.2 Å². The van der Waals surface area contributed by atoms with Gasteiger partial charge in [-0.15, -0.1) is 10.2 Å². The van der Waals surface area contributed by atoms with Crippen molar-refractivity contribution in [3.8, 4) is 23.2 Å². The van der Waals surface area contributed by atoms with Crippen molar-refractivity contribution < 1.29 is 4.74 Å². The number of aromatic nitrogens is 2. The van der Waals surface area contributed by atoms with Crippen LogP contribution < -0.4 is 4.74 Å². The molecule has 130 valence electrons. The highest BCUT2D eigenvalue weighted by Gasteiger charge is 2.12. The van der Waals surface area contributed by atoms with E-state index in [1.165, 1.54) is 5.56 Å². The Bertz CT molecular complexity index is 1140. The molecule has 1 heterocycles. The highest BCUT2D eigenvalue weighted by atomic mass is 16.5. The van der Waals surface area contributed by atoms with E-state index >= 15 is 0 Å². The summed E-state index contributed by atoms with van der Waals surface area (Å²) in [5.74, 6) is 0.467. The molecule has 3 aromatic carbocycles. The maximum absolute atomic E-state index is 9.24. The molecule has 0 aliphatic carbocycles. The van der Waals surface area contributed by atoms with Crippen molar-refractivity contribution in [2.45, 2.75) is 13.5 Å². The van der Waals surface area contributed by atoms with E-state index in [0.717, 1.165) is 27.6 Å². The van der Waals surface area contributed by atoms with E-state index in [9.17, 15) is 5.26 Å². The normalized spacial score (nSPS) is 10.5. The second kappa shape index (κ2) is 7.27. The van der Waals surface area contributed by atoms with E-state index in [4.69, 9.17) is 4.74 Å². The highest BCUT2D eigenvalue weighted by molar-refractivity contribution is 5.96. The fourth-order valence-electron chi connectivity index (χ4n) is 3.01. The highest BCUT2D eigenvalue weighted by Crippen LogP contribution is 2.31. The number of benzene rings is 3. The van der Waals surface area contributed by atoms with Crippen LogP contribution in [-0.4, -0.2) is 10.2 Å². The van der Waals surface area contributed by atoms with Crippen LogP contribution in [0.3, 0.4) is 0 Å². The summed E-state index contributed by atoms with van der Waals surface area (Å²) in [6.07, 6.45) is 0. The number of hydrogen-bond donors (Lipinski definition) is 0. The zero-order chi connectivity index (χ0) is 18.6. The van der Waals surface area contributed by atoms with Crippen LogP contribution in [0.1, 0.15) is 16.7 Å². The third-order valence-corrected chi connectivity index (χ3v) is 4.48. The van der Waals surface area contributed by atoms with Gasteiger partial charge >= 0.3 is 0 Å². The van der Waals surface area contributed by atoms with Crippen LogP contribution in [0.5, 0.6) is 5.88 Å². The zero-order valence-corrected chi connectivity index (χ0v) is 14.9. The van der Waals surface area contributed by atoms with Gasteiger partial charge in [0.05, 0.1) is 11.6 Å². The van der Waals surface area contributed by atoms with Gasteiger partial charge in [-0.05, 0) is 19.1 Å². The molecule has 0 spiro atoms. The van der Waals surface area contributed by atoms with Gasteiger partial charge in [-0.3, -0.25) is 0 Å². The number of rotatable bonds is 4. The van der Waals surface area contributed by atoms with Gasteiger partial charge in [-0.1, -0.05) is 66.2 Å². The van der Waals surface area contributed by atoms with Gasteiger partial charge in [0.15, 0.2) is 0 Å². The Morgan fingerprint density at radius 1 is 0.852 bits per heavy atom. The Balaban J connectivity index is 1.72. The van der Waals surface area contributed by atoms with Crippen LogP contribution in [-0.2, 0) is 6.61 Å². The molecular formula is C23H17N3O. The largest absolute Gasteiger partial charge is 0.471 e. The van der Waals surface area contributed by atoms with Crippen LogP contribution in [0.4, 0.5) is 0 Å².